The molecule has 4 aromatic rings. The first-order valence-corrected chi connectivity index (χ1v) is 13.6. The molecule has 198 valence electrons. The van der Waals surface area contributed by atoms with Crippen LogP contribution in [0.15, 0.2) is 47.1 Å². The molecule has 0 spiro atoms. The topological polar surface area (TPSA) is 85.2 Å². The lowest BCUT2D eigenvalue weighted by Gasteiger charge is -2.31. The number of hydrogen-bond donors (Lipinski definition) is 1. The number of carbonyl (C=O) groups excluding carboxylic acids is 1. The molecule has 0 unspecified atom stereocenters. The molecule has 12 heteroatoms. The highest BCUT2D eigenvalue weighted by molar-refractivity contribution is 9.10. The van der Waals surface area contributed by atoms with Gasteiger partial charge in [0.2, 0.25) is 0 Å². The molecule has 0 atom stereocenters. The largest absolute Gasteiger partial charge is 0.497 e. The number of aromatic nitrogens is 4. The molecule has 2 aromatic carbocycles. The van der Waals surface area contributed by atoms with Crippen LogP contribution in [-0.4, -0.2) is 57.0 Å². The Balaban J connectivity index is 1.16. The standard InChI is InChI=1S/C26H25BrF2N6O2S/c1-15-24(38-26(30-15)20-5-4-19(37-2)12-22(20)29)25(36)31-17-7-9-34(10-8-17)13-18-14-35(33-32-18)23-6-3-16(28)11-21(23)27/h3-6,11-12,14,17H,7-10,13H2,1-2H3,(H,31,36). The van der Waals surface area contributed by atoms with Crippen molar-refractivity contribution in [2.45, 2.75) is 32.4 Å². The van der Waals surface area contributed by atoms with Crippen molar-refractivity contribution >= 4 is 33.2 Å². The van der Waals surface area contributed by atoms with E-state index in [2.05, 4.69) is 41.4 Å². The quantitative estimate of drug-likeness (QED) is 0.315. The summed E-state index contributed by atoms with van der Waals surface area (Å²) in [5.74, 6) is -0.531. The minimum atomic E-state index is -0.442. The summed E-state index contributed by atoms with van der Waals surface area (Å²) in [5.41, 5.74) is 2.44. The monoisotopic (exact) mass is 602 g/mol. The van der Waals surface area contributed by atoms with Crippen LogP contribution in [0.5, 0.6) is 5.75 Å². The molecule has 1 N–H and O–H groups in total. The van der Waals surface area contributed by atoms with E-state index in [-0.39, 0.29) is 17.8 Å². The number of ether oxygens (including phenoxy) is 1. The summed E-state index contributed by atoms with van der Waals surface area (Å²) in [4.78, 5) is 20.2. The van der Waals surface area contributed by atoms with Gasteiger partial charge in [0.1, 0.15) is 27.3 Å². The fourth-order valence-electron chi connectivity index (χ4n) is 4.39. The number of piperidine rings is 1. The Bertz CT molecular complexity index is 1470. The number of likely N-dealkylation sites (tertiary alicyclic amines) is 1. The number of nitrogens with zero attached hydrogens (tertiary/aromatic N) is 5. The molecule has 0 radical (unpaired) electrons. The highest BCUT2D eigenvalue weighted by Crippen LogP contribution is 2.32. The zero-order valence-corrected chi connectivity index (χ0v) is 23.2. The summed E-state index contributed by atoms with van der Waals surface area (Å²) in [7, 11) is 1.48. The second kappa shape index (κ2) is 11.3. The first-order valence-electron chi connectivity index (χ1n) is 12.0. The third kappa shape index (κ3) is 5.77. The minimum Gasteiger partial charge on any atom is -0.497 e. The summed E-state index contributed by atoms with van der Waals surface area (Å²) < 4.78 is 35.2. The van der Waals surface area contributed by atoms with E-state index in [1.54, 1.807) is 29.8 Å². The second-order valence-electron chi connectivity index (χ2n) is 9.05. The van der Waals surface area contributed by atoms with Crippen molar-refractivity contribution in [2.24, 2.45) is 0 Å². The Morgan fingerprint density at radius 2 is 2.00 bits per heavy atom. The lowest BCUT2D eigenvalue weighted by molar-refractivity contribution is 0.0912. The van der Waals surface area contributed by atoms with Gasteiger partial charge in [0, 0.05) is 41.8 Å². The van der Waals surface area contributed by atoms with E-state index >= 15 is 0 Å². The van der Waals surface area contributed by atoms with E-state index in [1.807, 2.05) is 6.20 Å². The van der Waals surface area contributed by atoms with Crippen molar-refractivity contribution < 1.29 is 18.3 Å². The van der Waals surface area contributed by atoms with Crippen LogP contribution < -0.4 is 10.1 Å². The van der Waals surface area contributed by atoms with Gasteiger partial charge in [-0.05, 0) is 66.0 Å². The van der Waals surface area contributed by atoms with Crippen molar-refractivity contribution in [3.63, 3.8) is 0 Å². The summed E-state index contributed by atoms with van der Waals surface area (Å²) in [6.45, 7) is 3.98. The van der Waals surface area contributed by atoms with Gasteiger partial charge in [-0.2, -0.15) is 0 Å². The van der Waals surface area contributed by atoms with Crippen LogP contribution in [0.1, 0.15) is 33.9 Å². The Kier molecular flexibility index (Phi) is 7.82. The highest BCUT2D eigenvalue weighted by Gasteiger charge is 2.25. The average Bonchev–Trinajstić information content (AvgIpc) is 3.51. The molecule has 38 heavy (non-hydrogen) atoms. The van der Waals surface area contributed by atoms with Crippen molar-refractivity contribution in [3.05, 3.63) is 75.0 Å². The maximum atomic E-state index is 14.5. The SMILES string of the molecule is COc1ccc(-c2nc(C)c(C(=O)NC3CCN(Cc4cn(-c5ccc(F)cc5Br)nn4)CC3)s2)c(F)c1. The van der Waals surface area contributed by atoms with Gasteiger partial charge in [-0.25, -0.2) is 18.4 Å². The number of hydrogen-bond acceptors (Lipinski definition) is 7. The van der Waals surface area contributed by atoms with Gasteiger partial charge in [0.25, 0.3) is 5.91 Å². The third-order valence-electron chi connectivity index (χ3n) is 6.42. The van der Waals surface area contributed by atoms with Gasteiger partial charge in [0.05, 0.1) is 30.4 Å². The second-order valence-corrected chi connectivity index (χ2v) is 10.9. The summed E-state index contributed by atoms with van der Waals surface area (Å²) >= 11 is 4.55. The Morgan fingerprint density at radius 3 is 2.71 bits per heavy atom. The fourth-order valence-corrected chi connectivity index (χ4v) is 5.92. The number of rotatable bonds is 7. The number of carbonyl (C=O) groups is 1. The van der Waals surface area contributed by atoms with E-state index in [0.29, 0.717) is 43.6 Å². The van der Waals surface area contributed by atoms with Crippen LogP contribution in [0, 0.1) is 18.6 Å². The highest BCUT2D eigenvalue weighted by atomic mass is 79.9. The van der Waals surface area contributed by atoms with Crippen molar-refractivity contribution in [1.29, 1.82) is 0 Å². The Labute approximate surface area is 230 Å². The van der Waals surface area contributed by atoms with E-state index in [1.165, 1.54) is 36.6 Å². The molecule has 0 saturated carbocycles. The fraction of sp³-hybridized carbons (Fsp3) is 0.308. The molecule has 2 aromatic heterocycles. The first kappa shape index (κ1) is 26.4. The summed E-state index contributed by atoms with van der Waals surface area (Å²) in [5, 5.41) is 12.0. The number of methoxy groups -OCH3 is 1. The van der Waals surface area contributed by atoms with Crippen LogP contribution in [0.4, 0.5) is 8.78 Å². The van der Waals surface area contributed by atoms with E-state index in [0.717, 1.165) is 31.6 Å². The Hall–Kier alpha value is -3.22. The lowest BCUT2D eigenvalue weighted by Crippen LogP contribution is -2.44. The third-order valence-corrected chi connectivity index (χ3v) is 8.24. The van der Waals surface area contributed by atoms with Crippen LogP contribution in [0.3, 0.4) is 0 Å². The molecule has 0 bridgehead atoms. The number of halogens is 3. The summed E-state index contributed by atoms with van der Waals surface area (Å²) in [6, 6.07) is 9.04. The van der Waals surface area contributed by atoms with Crippen LogP contribution >= 0.6 is 27.3 Å². The van der Waals surface area contributed by atoms with Crippen LogP contribution in [-0.2, 0) is 6.54 Å². The maximum Gasteiger partial charge on any atom is 0.263 e. The van der Waals surface area contributed by atoms with Crippen molar-refractivity contribution in [2.75, 3.05) is 20.2 Å². The van der Waals surface area contributed by atoms with Crippen molar-refractivity contribution in [3.8, 4) is 22.0 Å². The molecule has 3 heterocycles. The molecule has 5 rings (SSSR count). The maximum absolute atomic E-state index is 14.5. The van der Waals surface area contributed by atoms with Crippen LogP contribution in [0.25, 0.3) is 16.3 Å². The number of amides is 1. The molecule has 1 aliphatic rings. The van der Waals surface area contributed by atoms with Gasteiger partial charge in [0.15, 0.2) is 0 Å². The number of benzene rings is 2. The van der Waals surface area contributed by atoms with Crippen molar-refractivity contribution in [1.82, 2.24) is 30.2 Å². The number of thiazole rings is 1. The van der Waals surface area contributed by atoms with E-state index < -0.39 is 5.82 Å². The molecule has 1 saturated heterocycles. The van der Waals surface area contributed by atoms with Gasteiger partial charge in [-0.15, -0.1) is 16.4 Å². The van der Waals surface area contributed by atoms with E-state index in [4.69, 9.17) is 4.74 Å². The molecular formula is C26H25BrF2N6O2S. The van der Waals surface area contributed by atoms with Gasteiger partial charge in [-0.3, -0.25) is 9.69 Å². The zero-order chi connectivity index (χ0) is 26.8. The molecular weight excluding hydrogens is 578 g/mol. The van der Waals surface area contributed by atoms with Crippen LogP contribution in [0.2, 0.25) is 0 Å². The normalized spacial score (nSPS) is 14.6. The number of nitrogens with one attached hydrogen (secondary N) is 1. The molecule has 1 aliphatic heterocycles. The molecule has 0 aliphatic carbocycles. The Morgan fingerprint density at radius 1 is 1.21 bits per heavy atom. The smallest absolute Gasteiger partial charge is 0.263 e. The average molecular weight is 603 g/mol. The van der Waals surface area contributed by atoms with Gasteiger partial charge < -0.3 is 10.1 Å². The number of aryl methyl sites for hydroxylation is 1. The first-order chi connectivity index (χ1) is 18.3. The summed E-state index contributed by atoms with van der Waals surface area (Å²) in [6.07, 6.45) is 3.42. The lowest BCUT2D eigenvalue weighted by atomic mass is 10.0. The predicted octanol–water partition coefficient (Wildman–Crippen LogP) is 5.14. The molecule has 1 fully saturated rings. The predicted molar refractivity (Wildman–Crippen MR) is 144 cm³/mol. The zero-order valence-electron chi connectivity index (χ0n) is 20.7. The molecule has 1 amide bonds. The van der Waals surface area contributed by atoms with Gasteiger partial charge >= 0.3 is 0 Å². The minimum absolute atomic E-state index is 0.0345. The van der Waals surface area contributed by atoms with Gasteiger partial charge in [-0.1, -0.05) is 5.21 Å². The molecule has 8 nitrogen and oxygen atoms in total. The van der Waals surface area contributed by atoms with E-state index in [9.17, 15) is 13.6 Å².